The molecule has 0 aliphatic carbocycles. The lowest BCUT2D eigenvalue weighted by atomic mass is 10.00. The normalized spacial score (nSPS) is 12.8. The summed E-state index contributed by atoms with van der Waals surface area (Å²) in [7, 11) is 0. The van der Waals surface area contributed by atoms with Gasteiger partial charge in [-0.25, -0.2) is 4.98 Å². The van der Waals surface area contributed by atoms with E-state index in [1.165, 1.54) is 11.1 Å². The molecule has 0 amide bonds. The number of furan rings is 1. The van der Waals surface area contributed by atoms with Gasteiger partial charge in [-0.15, -0.1) is 0 Å². The third-order valence-electron chi connectivity index (χ3n) is 5.73. The fourth-order valence-corrected chi connectivity index (χ4v) is 4.31. The standard InChI is InChI=1S/C26H24ClN5OS/c1-17-14-24(32-13-12-18-4-2-3-5-20(18)16-32)30-25(29-17)31-26(34)28-15-22-10-11-23(33-22)19-6-8-21(27)9-7-19/h2-11,14H,12-13,15-16H2,1H3,(H2,28,29,30,31,34). The van der Waals surface area contributed by atoms with Crippen LogP contribution in [0.1, 0.15) is 22.6 Å². The number of nitrogens with one attached hydrogen (secondary N) is 2. The quantitative estimate of drug-likeness (QED) is 0.346. The Hall–Kier alpha value is -3.42. The third kappa shape index (κ3) is 5.21. The van der Waals surface area contributed by atoms with Gasteiger partial charge in [-0.2, -0.15) is 4.98 Å². The number of benzene rings is 2. The van der Waals surface area contributed by atoms with E-state index >= 15 is 0 Å². The largest absolute Gasteiger partial charge is 0.459 e. The number of aromatic nitrogens is 2. The van der Waals surface area contributed by atoms with Gasteiger partial charge in [0.05, 0.1) is 6.54 Å². The number of hydrogen-bond acceptors (Lipinski definition) is 5. The van der Waals surface area contributed by atoms with Gasteiger partial charge >= 0.3 is 0 Å². The molecule has 6 nitrogen and oxygen atoms in total. The summed E-state index contributed by atoms with van der Waals surface area (Å²) in [6.45, 7) is 4.17. The number of rotatable bonds is 5. The Balaban J connectivity index is 1.21. The van der Waals surface area contributed by atoms with Crippen molar-refractivity contribution in [3.8, 4) is 11.3 Å². The van der Waals surface area contributed by atoms with Crippen LogP contribution in [0.5, 0.6) is 0 Å². The summed E-state index contributed by atoms with van der Waals surface area (Å²) in [5.41, 5.74) is 4.60. The summed E-state index contributed by atoms with van der Waals surface area (Å²) >= 11 is 11.4. The number of halogens is 1. The van der Waals surface area contributed by atoms with Crippen LogP contribution >= 0.6 is 23.8 Å². The lowest BCUT2D eigenvalue weighted by molar-refractivity contribution is 0.516. The molecule has 2 aromatic heterocycles. The average Bonchev–Trinajstić information content (AvgIpc) is 3.32. The first-order valence-corrected chi connectivity index (χ1v) is 11.9. The van der Waals surface area contributed by atoms with E-state index in [2.05, 4.69) is 44.8 Å². The molecule has 0 unspecified atom stereocenters. The maximum absolute atomic E-state index is 5.96. The lowest BCUT2D eigenvalue weighted by Gasteiger charge is -2.30. The van der Waals surface area contributed by atoms with Gasteiger partial charge in [0.2, 0.25) is 5.95 Å². The molecule has 3 heterocycles. The second kappa shape index (κ2) is 9.83. The fourth-order valence-electron chi connectivity index (χ4n) is 4.02. The SMILES string of the molecule is Cc1cc(N2CCc3ccccc3C2)nc(NC(=S)NCc2ccc(-c3ccc(Cl)cc3)o2)n1. The zero-order chi connectivity index (χ0) is 23.5. The molecular formula is C26H24ClN5OS. The molecule has 0 spiro atoms. The summed E-state index contributed by atoms with van der Waals surface area (Å²) in [6, 6.07) is 22.0. The van der Waals surface area contributed by atoms with E-state index in [-0.39, 0.29) is 0 Å². The van der Waals surface area contributed by atoms with Crippen molar-refractivity contribution in [1.82, 2.24) is 15.3 Å². The maximum Gasteiger partial charge on any atom is 0.231 e. The van der Waals surface area contributed by atoms with E-state index in [0.717, 1.165) is 48.1 Å². The minimum absolute atomic E-state index is 0.435. The van der Waals surface area contributed by atoms with Crippen molar-refractivity contribution in [3.05, 3.63) is 94.3 Å². The van der Waals surface area contributed by atoms with Crippen LogP contribution in [0.3, 0.4) is 0 Å². The highest BCUT2D eigenvalue weighted by atomic mass is 35.5. The second-order valence-electron chi connectivity index (χ2n) is 8.21. The molecular weight excluding hydrogens is 466 g/mol. The summed E-state index contributed by atoms with van der Waals surface area (Å²) < 4.78 is 5.93. The van der Waals surface area contributed by atoms with Gasteiger partial charge in [-0.05, 0) is 73.1 Å². The summed E-state index contributed by atoms with van der Waals surface area (Å²) in [4.78, 5) is 11.5. The van der Waals surface area contributed by atoms with Crippen LogP contribution in [0.15, 0.2) is 71.1 Å². The van der Waals surface area contributed by atoms with Gasteiger partial charge in [0.15, 0.2) is 5.11 Å². The molecule has 2 N–H and O–H groups in total. The Morgan fingerprint density at radius 2 is 1.85 bits per heavy atom. The molecule has 1 aliphatic heterocycles. The molecule has 2 aromatic carbocycles. The number of hydrogen-bond donors (Lipinski definition) is 2. The van der Waals surface area contributed by atoms with Crippen molar-refractivity contribution in [2.45, 2.75) is 26.4 Å². The maximum atomic E-state index is 5.96. The minimum atomic E-state index is 0.435. The van der Waals surface area contributed by atoms with Crippen LogP contribution in [-0.4, -0.2) is 21.6 Å². The second-order valence-corrected chi connectivity index (χ2v) is 9.06. The summed E-state index contributed by atoms with van der Waals surface area (Å²) in [6.07, 6.45) is 1.00. The summed E-state index contributed by atoms with van der Waals surface area (Å²) in [5, 5.41) is 7.41. The first-order chi connectivity index (χ1) is 16.5. The molecule has 4 aromatic rings. The Kier molecular flexibility index (Phi) is 6.47. The molecule has 0 radical (unpaired) electrons. The van der Waals surface area contributed by atoms with Crippen molar-refractivity contribution in [3.63, 3.8) is 0 Å². The zero-order valence-corrected chi connectivity index (χ0v) is 20.3. The van der Waals surface area contributed by atoms with Gasteiger partial charge in [0.25, 0.3) is 0 Å². The van der Waals surface area contributed by atoms with Crippen molar-refractivity contribution in [1.29, 1.82) is 0 Å². The predicted molar refractivity (Wildman–Crippen MR) is 140 cm³/mol. The van der Waals surface area contributed by atoms with E-state index in [0.29, 0.717) is 22.6 Å². The van der Waals surface area contributed by atoms with E-state index in [1.54, 1.807) is 0 Å². The molecule has 34 heavy (non-hydrogen) atoms. The van der Waals surface area contributed by atoms with Crippen LogP contribution in [0.2, 0.25) is 5.02 Å². The average molecular weight is 490 g/mol. The fraction of sp³-hybridized carbons (Fsp3) is 0.192. The smallest absolute Gasteiger partial charge is 0.231 e. The van der Waals surface area contributed by atoms with Crippen LogP contribution < -0.4 is 15.5 Å². The molecule has 0 fully saturated rings. The van der Waals surface area contributed by atoms with E-state index in [4.69, 9.17) is 33.2 Å². The number of nitrogens with zero attached hydrogens (tertiary/aromatic N) is 3. The number of anilines is 2. The lowest BCUT2D eigenvalue weighted by Crippen LogP contribution is -2.32. The van der Waals surface area contributed by atoms with Crippen LogP contribution in [-0.2, 0) is 19.5 Å². The Morgan fingerprint density at radius 3 is 2.68 bits per heavy atom. The highest BCUT2D eigenvalue weighted by Crippen LogP contribution is 2.25. The van der Waals surface area contributed by atoms with E-state index < -0.39 is 0 Å². The van der Waals surface area contributed by atoms with Crippen LogP contribution in [0.25, 0.3) is 11.3 Å². The first-order valence-electron chi connectivity index (χ1n) is 11.1. The Bertz CT molecular complexity index is 1320. The van der Waals surface area contributed by atoms with Gasteiger partial charge in [0.1, 0.15) is 17.3 Å². The predicted octanol–water partition coefficient (Wildman–Crippen LogP) is 5.75. The van der Waals surface area contributed by atoms with Gasteiger partial charge < -0.3 is 20.0 Å². The first kappa shape index (κ1) is 22.4. The third-order valence-corrected chi connectivity index (χ3v) is 6.23. The monoisotopic (exact) mass is 489 g/mol. The van der Waals surface area contributed by atoms with Gasteiger partial charge in [-0.1, -0.05) is 35.9 Å². The molecule has 0 saturated carbocycles. The van der Waals surface area contributed by atoms with Crippen molar-refractivity contribution >= 4 is 40.7 Å². The minimum Gasteiger partial charge on any atom is -0.459 e. The molecule has 172 valence electrons. The van der Waals surface area contributed by atoms with Crippen LogP contribution in [0.4, 0.5) is 11.8 Å². The van der Waals surface area contributed by atoms with E-state index in [1.807, 2.05) is 49.4 Å². The highest BCUT2D eigenvalue weighted by Gasteiger charge is 2.18. The van der Waals surface area contributed by atoms with Crippen molar-refractivity contribution in [2.24, 2.45) is 0 Å². The van der Waals surface area contributed by atoms with Crippen molar-refractivity contribution in [2.75, 3.05) is 16.8 Å². The zero-order valence-electron chi connectivity index (χ0n) is 18.7. The number of aryl methyl sites for hydroxylation is 1. The Morgan fingerprint density at radius 1 is 1.06 bits per heavy atom. The molecule has 8 heteroatoms. The molecule has 0 atom stereocenters. The molecule has 0 bridgehead atoms. The van der Waals surface area contributed by atoms with Crippen LogP contribution in [0, 0.1) is 6.92 Å². The Labute approximate surface area is 209 Å². The molecule has 1 aliphatic rings. The van der Waals surface area contributed by atoms with Crippen molar-refractivity contribution < 1.29 is 4.42 Å². The molecule has 0 saturated heterocycles. The van der Waals surface area contributed by atoms with Gasteiger partial charge in [-0.3, -0.25) is 0 Å². The number of thiocarbonyl (C=S) groups is 1. The molecule has 5 rings (SSSR count). The van der Waals surface area contributed by atoms with E-state index in [9.17, 15) is 0 Å². The topological polar surface area (TPSA) is 66.2 Å². The van der Waals surface area contributed by atoms with Gasteiger partial charge in [0, 0.05) is 35.4 Å². The number of fused-ring (bicyclic) bond motifs is 1. The summed E-state index contributed by atoms with van der Waals surface area (Å²) in [5.74, 6) is 2.92. The highest BCUT2D eigenvalue weighted by molar-refractivity contribution is 7.80.